The fourth-order valence-corrected chi connectivity index (χ4v) is 11.2. The predicted molar refractivity (Wildman–Crippen MR) is 260 cm³/mol. The maximum absolute atomic E-state index is 12.4. The zero-order valence-electron chi connectivity index (χ0n) is 39.7. The van der Waals surface area contributed by atoms with Crippen molar-refractivity contribution >= 4 is 63.2 Å². The number of imide groups is 2. The summed E-state index contributed by atoms with van der Waals surface area (Å²) < 4.78 is 10.3. The maximum Gasteiger partial charge on any atom is 0.410 e. The van der Waals surface area contributed by atoms with Gasteiger partial charge in [0.05, 0.1) is 22.4 Å². The molecule has 7 amide bonds. The molecule has 6 aliphatic heterocycles. The monoisotopic (exact) mass is 919 g/mol. The van der Waals surface area contributed by atoms with Crippen LogP contribution in [0.15, 0.2) is 60.9 Å². The van der Waals surface area contributed by atoms with Crippen LogP contribution in [0.1, 0.15) is 97.1 Å². The first-order valence-electron chi connectivity index (χ1n) is 24.9. The summed E-state index contributed by atoms with van der Waals surface area (Å²) in [6, 6.07) is 16.7. The number of hydrogen-bond acceptors (Lipinski definition) is 9. The summed E-state index contributed by atoms with van der Waals surface area (Å²) in [4.78, 5) is 70.6. The summed E-state index contributed by atoms with van der Waals surface area (Å²) in [5, 5.41) is 10.5. The smallest absolute Gasteiger partial charge is 0.410 e. The number of hydrogen-bond donors (Lipinski definition) is 3. The SMILES string of the molecule is CC(C)(C)OC(=O)N1CCC(CN2CCC(n3ccc4c(N5CCC(=O)NC5=O)cccc43)CC2)CC1.O=C1CCN(c2cccc3c2ccn3C2CCN(CC3CCNCC3)CC2)C(=O)N1. The van der Waals surface area contributed by atoms with Gasteiger partial charge in [-0.25, -0.2) is 14.4 Å². The number of ether oxygens (including phenoxy) is 1. The Hall–Kier alpha value is -5.45. The van der Waals surface area contributed by atoms with Gasteiger partial charge in [0.15, 0.2) is 0 Å². The Balaban J connectivity index is 0.000000171. The lowest BCUT2D eigenvalue weighted by atomic mass is 9.95. The van der Waals surface area contributed by atoms with Crippen molar-refractivity contribution in [2.24, 2.45) is 11.8 Å². The Morgan fingerprint density at radius 3 is 1.46 bits per heavy atom. The lowest BCUT2D eigenvalue weighted by Gasteiger charge is -2.38. The topological polar surface area (TPSA) is 157 Å². The first kappa shape index (κ1) is 46.7. The minimum absolute atomic E-state index is 0.191. The van der Waals surface area contributed by atoms with Crippen LogP contribution in [0.4, 0.5) is 25.8 Å². The van der Waals surface area contributed by atoms with Crippen molar-refractivity contribution < 1.29 is 28.7 Å². The van der Waals surface area contributed by atoms with Crippen molar-refractivity contribution in [2.75, 3.05) is 88.3 Å². The number of urea groups is 2. The molecule has 6 aliphatic rings. The maximum atomic E-state index is 12.4. The first-order valence-corrected chi connectivity index (χ1v) is 24.9. The summed E-state index contributed by atoms with van der Waals surface area (Å²) in [5.74, 6) is 1.05. The van der Waals surface area contributed by atoms with Gasteiger partial charge >= 0.3 is 18.2 Å². The van der Waals surface area contributed by atoms with E-state index in [1.165, 1.54) is 38.0 Å². The second kappa shape index (κ2) is 20.4. The van der Waals surface area contributed by atoms with Crippen molar-refractivity contribution in [1.29, 1.82) is 0 Å². The predicted octanol–water partition coefficient (Wildman–Crippen LogP) is 7.10. The van der Waals surface area contributed by atoms with Crippen LogP contribution < -0.4 is 25.8 Å². The van der Waals surface area contributed by atoms with Gasteiger partial charge in [0.25, 0.3) is 0 Å². The Bertz CT molecular complexity index is 2410. The number of carbonyl (C=O) groups is 5. The number of fused-ring (bicyclic) bond motifs is 2. The molecule has 16 nitrogen and oxygen atoms in total. The highest BCUT2D eigenvalue weighted by molar-refractivity contribution is 6.10. The Morgan fingerprint density at radius 2 is 1.03 bits per heavy atom. The van der Waals surface area contributed by atoms with E-state index in [0.29, 0.717) is 43.9 Å². The first-order chi connectivity index (χ1) is 32.4. The second-order valence-corrected chi connectivity index (χ2v) is 20.5. The van der Waals surface area contributed by atoms with Gasteiger partial charge in [-0.1, -0.05) is 12.1 Å². The molecule has 3 N–H and O–H groups in total. The molecule has 0 radical (unpaired) electrons. The molecule has 6 fully saturated rings. The standard InChI is InChI=1S/C28H39N5O4.C23H31N5O2/c1-28(2,3)37-27(36)31-15-7-20(8-16-31)19-30-13-9-21(10-14-30)32-17-11-22-23(32)5-4-6-24(22)33-18-12-25(34)29-26(33)35;29-22-9-15-28(23(30)25-22)21-3-1-2-20-19(21)8-14-27(20)18-6-12-26(13-7-18)16-17-4-10-24-11-5-17/h4-6,11,17,20-21H,7-10,12-16,18-19H2,1-3H3,(H,29,34,35);1-3,8,14,17-18,24H,4-7,9-13,15-16H2,(H,25,29,30). The van der Waals surface area contributed by atoms with Gasteiger partial charge in [0, 0.05) is 114 Å². The normalized spacial score (nSPS) is 21.7. The molecule has 4 aromatic rings. The van der Waals surface area contributed by atoms with Crippen molar-refractivity contribution in [3.63, 3.8) is 0 Å². The van der Waals surface area contributed by atoms with E-state index in [1.807, 2.05) is 49.9 Å². The van der Waals surface area contributed by atoms with Gasteiger partial charge in [-0.05, 0) is 133 Å². The molecule has 0 unspecified atom stereocenters. The number of nitrogens with zero attached hydrogens (tertiary/aromatic N) is 7. The fraction of sp³-hybridized carbons (Fsp3) is 0.588. The Kier molecular flexibility index (Phi) is 14.2. The highest BCUT2D eigenvalue weighted by atomic mass is 16.6. The zero-order valence-corrected chi connectivity index (χ0v) is 39.7. The van der Waals surface area contributed by atoms with Crippen LogP contribution in [0.2, 0.25) is 0 Å². The van der Waals surface area contributed by atoms with Crippen LogP contribution in [0.25, 0.3) is 21.8 Å². The van der Waals surface area contributed by atoms with Crippen LogP contribution in [-0.2, 0) is 14.3 Å². The van der Waals surface area contributed by atoms with Gasteiger partial charge in [-0.2, -0.15) is 0 Å². The molecule has 0 saturated carbocycles. The third-order valence-corrected chi connectivity index (χ3v) is 14.8. The molecule has 0 spiro atoms. The van der Waals surface area contributed by atoms with Crippen LogP contribution >= 0.6 is 0 Å². The van der Waals surface area contributed by atoms with Gasteiger partial charge in [0.1, 0.15) is 5.60 Å². The molecular formula is C51H70N10O6. The van der Waals surface area contributed by atoms with Crippen molar-refractivity contribution in [2.45, 2.75) is 103 Å². The second-order valence-electron chi connectivity index (χ2n) is 20.5. The molecule has 2 aromatic heterocycles. The molecule has 0 bridgehead atoms. The number of rotatable bonds is 8. The summed E-state index contributed by atoms with van der Waals surface area (Å²) in [6.45, 7) is 17.2. The largest absolute Gasteiger partial charge is 0.444 e. The van der Waals surface area contributed by atoms with Crippen LogP contribution in [-0.4, -0.2) is 138 Å². The third-order valence-electron chi connectivity index (χ3n) is 14.8. The summed E-state index contributed by atoms with van der Waals surface area (Å²) in [6.07, 6.45) is 14.0. The molecule has 8 heterocycles. The molecule has 0 atom stereocenters. The van der Waals surface area contributed by atoms with Crippen molar-refractivity contribution in [1.82, 2.24) is 39.8 Å². The average molecular weight is 919 g/mol. The number of benzene rings is 2. The molecule has 67 heavy (non-hydrogen) atoms. The van der Waals surface area contributed by atoms with E-state index in [4.69, 9.17) is 4.74 Å². The number of carbonyl (C=O) groups excluding carboxylic acids is 5. The van der Waals surface area contributed by atoms with Gasteiger partial charge in [0.2, 0.25) is 11.8 Å². The molecule has 0 aliphatic carbocycles. The number of amides is 7. The fourth-order valence-electron chi connectivity index (χ4n) is 11.2. The molecular weight excluding hydrogens is 849 g/mol. The lowest BCUT2D eigenvalue weighted by molar-refractivity contribution is -0.121. The minimum atomic E-state index is -0.451. The third kappa shape index (κ3) is 11.0. The highest BCUT2D eigenvalue weighted by Crippen LogP contribution is 2.36. The van der Waals surface area contributed by atoms with Gasteiger partial charge in [-0.3, -0.25) is 30.0 Å². The van der Waals surface area contributed by atoms with E-state index in [0.717, 1.165) is 118 Å². The Morgan fingerprint density at radius 1 is 0.582 bits per heavy atom. The quantitative estimate of drug-likeness (QED) is 0.168. The van der Waals surface area contributed by atoms with E-state index in [-0.39, 0.29) is 30.0 Å². The molecule has 360 valence electrons. The minimum Gasteiger partial charge on any atom is -0.444 e. The number of likely N-dealkylation sites (tertiary alicyclic amines) is 3. The highest BCUT2D eigenvalue weighted by Gasteiger charge is 2.32. The van der Waals surface area contributed by atoms with Crippen LogP contribution in [0.3, 0.4) is 0 Å². The van der Waals surface area contributed by atoms with Crippen molar-refractivity contribution in [3.8, 4) is 0 Å². The number of aromatic nitrogens is 2. The number of nitrogens with one attached hydrogen (secondary N) is 3. The van der Waals surface area contributed by atoms with Crippen molar-refractivity contribution in [3.05, 3.63) is 60.9 Å². The number of piperidine rings is 4. The van der Waals surface area contributed by atoms with Crippen LogP contribution in [0, 0.1) is 11.8 Å². The van der Waals surface area contributed by atoms with E-state index in [9.17, 15) is 24.0 Å². The molecule has 6 saturated heterocycles. The van der Waals surface area contributed by atoms with Gasteiger partial charge in [-0.15, -0.1) is 0 Å². The van der Waals surface area contributed by atoms with Crippen LogP contribution in [0.5, 0.6) is 0 Å². The number of anilines is 2. The Labute approximate surface area is 394 Å². The van der Waals surface area contributed by atoms with E-state index in [1.54, 1.807) is 9.80 Å². The average Bonchev–Trinajstić information content (AvgIpc) is 3.96. The molecule has 10 rings (SSSR count). The molecule has 2 aromatic carbocycles. The lowest BCUT2D eigenvalue weighted by Crippen LogP contribution is -2.49. The van der Waals surface area contributed by atoms with Gasteiger partial charge < -0.3 is 33.9 Å². The van der Waals surface area contributed by atoms with E-state index >= 15 is 0 Å². The van der Waals surface area contributed by atoms with E-state index in [2.05, 4.69) is 71.5 Å². The summed E-state index contributed by atoms with van der Waals surface area (Å²) >= 11 is 0. The summed E-state index contributed by atoms with van der Waals surface area (Å²) in [5.41, 5.74) is 3.60. The summed E-state index contributed by atoms with van der Waals surface area (Å²) in [7, 11) is 0. The molecule has 16 heteroatoms. The van der Waals surface area contributed by atoms with E-state index < -0.39 is 5.60 Å². The zero-order chi connectivity index (χ0) is 46.7.